The number of carboxylic acids is 1. The number of halogens is 2. The van der Waals surface area contributed by atoms with Crippen molar-refractivity contribution in [2.45, 2.75) is 142 Å². The van der Waals surface area contributed by atoms with Crippen molar-refractivity contribution in [1.82, 2.24) is 10.6 Å². The van der Waals surface area contributed by atoms with Gasteiger partial charge in [-0.2, -0.15) is 0 Å². The summed E-state index contributed by atoms with van der Waals surface area (Å²) in [5, 5.41) is 16.3. The summed E-state index contributed by atoms with van der Waals surface area (Å²) in [7, 11) is -0.958. The lowest BCUT2D eigenvalue weighted by Gasteiger charge is -2.28. The molecular formula is C32H51BCl2N2O6. The number of nitrogens with one attached hydrogen (secondary N) is 2. The van der Waals surface area contributed by atoms with Gasteiger partial charge in [0.1, 0.15) is 0 Å². The SMILES string of the molecule is CCCCCCCCCCCCCCCC(NC(=O)c1cc(Cl)ccc1Cl)N[C@@H](CC(C)C)B1OC(=O)[C@H](CC(=O)O)O1. The van der Waals surface area contributed by atoms with Gasteiger partial charge in [-0.25, -0.2) is 0 Å². The zero-order chi connectivity index (χ0) is 31.6. The molecule has 1 aromatic rings. The first-order chi connectivity index (χ1) is 20.6. The van der Waals surface area contributed by atoms with Gasteiger partial charge in [0.25, 0.3) is 5.91 Å². The normalized spacial score (nSPS) is 16.4. The minimum absolute atomic E-state index is 0.216. The van der Waals surface area contributed by atoms with Crippen molar-refractivity contribution < 1.29 is 28.8 Å². The molecule has 43 heavy (non-hydrogen) atoms. The van der Waals surface area contributed by atoms with Crippen LogP contribution < -0.4 is 10.6 Å². The molecule has 1 saturated heterocycles. The molecular weight excluding hydrogens is 590 g/mol. The van der Waals surface area contributed by atoms with Gasteiger partial charge in [-0.15, -0.1) is 0 Å². The smallest absolute Gasteiger partial charge is 0.507 e. The van der Waals surface area contributed by atoms with Crippen LogP contribution in [0.2, 0.25) is 10.0 Å². The van der Waals surface area contributed by atoms with Crippen molar-refractivity contribution in [3.05, 3.63) is 33.8 Å². The van der Waals surface area contributed by atoms with Crippen LogP contribution in [-0.4, -0.2) is 48.3 Å². The zero-order valence-electron chi connectivity index (χ0n) is 26.2. The molecule has 1 amide bonds. The van der Waals surface area contributed by atoms with E-state index in [0.717, 1.165) is 19.3 Å². The lowest BCUT2D eigenvalue weighted by Crippen LogP contribution is -2.55. The van der Waals surface area contributed by atoms with E-state index in [4.69, 9.17) is 37.6 Å². The van der Waals surface area contributed by atoms with Crippen molar-refractivity contribution in [3.8, 4) is 0 Å². The molecule has 3 N–H and O–H groups in total. The molecule has 8 nitrogen and oxygen atoms in total. The average molecular weight is 641 g/mol. The van der Waals surface area contributed by atoms with Crippen molar-refractivity contribution in [1.29, 1.82) is 0 Å². The van der Waals surface area contributed by atoms with Crippen LogP contribution in [0.3, 0.4) is 0 Å². The van der Waals surface area contributed by atoms with Crippen LogP contribution in [-0.2, 0) is 18.9 Å². The number of hydrogen-bond acceptors (Lipinski definition) is 6. The Hall–Kier alpha value is -1.81. The number of benzene rings is 1. The predicted octanol–water partition coefficient (Wildman–Crippen LogP) is 7.98. The fourth-order valence-corrected chi connectivity index (χ4v) is 5.77. The highest BCUT2D eigenvalue weighted by Gasteiger charge is 2.46. The highest BCUT2D eigenvalue weighted by Crippen LogP contribution is 2.23. The molecule has 242 valence electrons. The summed E-state index contributed by atoms with van der Waals surface area (Å²) in [5.74, 6) is -2.43. The van der Waals surface area contributed by atoms with Crippen LogP contribution >= 0.6 is 23.2 Å². The van der Waals surface area contributed by atoms with Gasteiger partial charge in [0.05, 0.1) is 29.1 Å². The van der Waals surface area contributed by atoms with Gasteiger partial charge in [-0.1, -0.05) is 127 Å². The average Bonchev–Trinajstić information content (AvgIpc) is 3.30. The second-order valence-corrected chi connectivity index (χ2v) is 13.0. The maximum Gasteiger partial charge on any atom is 0.546 e. The van der Waals surface area contributed by atoms with Gasteiger partial charge in [0.2, 0.25) is 0 Å². The number of carbonyl (C=O) groups is 3. The number of carboxylic acid groups (broad SMARTS) is 1. The van der Waals surface area contributed by atoms with E-state index in [9.17, 15) is 14.4 Å². The van der Waals surface area contributed by atoms with E-state index in [1.165, 1.54) is 70.3 Å². The quantitative estimate of drug-likeness (QED) is 0.0631. The zero-order valence-corrected chi connectivity index (χ0v) is 27.7. The van der Waals surface area contributed by atoms with Gasteiger partial charge >= 0.3 is 19.1 Å². The first-order valence-corrected chi connectivity index (χ1v) is 17.0. The Labute approximate surface area is 268 Å². The van der Waals surface area contributed by atoms with Crippen LogP contribution in [0.5, 0.6) is 0 Å². The molecule has 1 heterocycles. The Morgan fingerprint density at radius 3 is 2.09 bits per heavy atom. The third-order valence-electron chi connectivity index (χ3n) is 7.70. The number of aliphatic carboxylic acids is 1. The first-order valence-electron chi connectivity index (χ1n) is 16.2. The molecule has 0 spiro atoms. The van der Waals surface area contributed by atoms with E-state index in [1.807, 2.05) is 13.8 Å². The van der Waals surface area contributed by atoms with E-state index < -0.39 is 43.7 Å². The molecule has 0 aliphatic carbocycles. The van der Waals surface area contributed by atoms with Crippen LogP contribution in [0.1, 0.15) is 134 Å². The maximum atomic E-state index is 13.2. The van der Waals surface area contributed by atoms with E-state index >= 15 is 0 Å². The lowest BCUT2D eigenvalue weighted by atomic mass is 9.74. The van der Waals surface area contributed by atoms with E-state index in [-0.39, 0.29) is 17.4 Å². The molecule has 1 aromatic carbocycles. The van der Waals surface area contributed by atoms with Gasteiger partial charge < -0.3 is 19.7 Å². The first kappa shape index (κ1) is 37.4. The van der Waals surface area contributed by atoms with Gasteiger partial charge in [-0.3, -0.25) is 19.7 Å². The Balaban J connectivity index is 1.94. The largest absolute Gasteiger partial charge is 0.546 e. The van der Waals surface area contributed by atoms with Crippen molar-refractivity contribution in [3.63, 3.8) is 0 Å². The summed E-state index contributed by atoms with van der Waals surface area (Å²) in [4.78, 5) is 36.7. The fraction of sp³-hybridized carbons (Fsp3) is 0.719. The minimum atomic E-state index is -1.15. The summed E-state index contributed by atoms with van der Waals surface area (Å²) in [5.41, 5.74) is 0.275. The maximum absolute atomic E-state index is 13.2. The monoisotopic (exact) mass is 640 g/mol. The number of rotatable bonds is 23. The Bertz CT molecular complexity index is 999. The Morgan fingerprint density at radius 1 is 0.953 bits per heavy atom. The van der Waals surface area contributed by atoms with Crippen molar-refractivity contribution in [2.75, 3.05) is 0 Å². The second-order valence-electron chi connectivity index (χ2n) is 12.1. The van der Waals surface area contributed by atoms with Crippen molar-refractivity contribution >= 4 is 48.2 Å². The second kappa shape index (κ2) is 21.0. The van der Waals surface area contributed by atoms with Crippen LogP contribution in [0.4, 0.5) is 0 Å². The summed E-state index contributed by atoms with van der Waals surface area (Å²) < 4.78 is 11.2. The highest BCUT2D eigenvalue weighted by atomic mass is 35.5. The molecule has 1 aliphatic rings. The van der Waals surface area contributed by atoms with Crippen LogP contribution in [0, 0.1) is 5.92 Å². The standard InChI is InChI=1S/C32H51BCl2N2O6/c1-4-5-6-7-8-9-10-11-12-13-14-15-16-17-29(37-31(40)25-21-24(34)18-19-26(25)35)36-28(20-23(2)3)33-42-27(22-30(38)39)32(41)43-33/h18-19,21,23,27-29,36H,4-17,20,22H2,1-3H3,(H,37,40)(H,38,39)/t27-,28-,29?/m0/s1. The van der Waals surface area contributed by atoms with E-state index in [2.05, 4.69) is 17.6 Å². The molecule has 3 atom stereocenters. The summed E-state index contributed by atoms with van der Waals surface area (Å²) >= 11 is 12.4. The summed E-state index contributed by atoms with van der Waals surface area (Å²) in [6.45, 7) is 6.31. The summed E-state index contributed by atoms with van der Waals surface area (Å²) in [6, 6.07) is 4.75. The Kier molecular flexibility index (Phi) is 18.3. The predicted molar refractivity (Wildman–Crippen MR) is 173 cm³/mol. The van der Waals surface area contributed by atoms with Crippen LogP contribution in [0.25, 0.3) is 0 Å². The lowest BCUT2D eigenvalue weighted by molar-refractivity contribution is -0.145. The highest BCUT2D eigenvalue weighted by molar-refractivity contribution is 6.51. The topological polar surface area (TPSA) is 114 Å². The van der Waals surface area contributed by atoms with Crippen LogP contribution in [0.15, 0.2) is 18.2 Å². The molecule has 1 aliphatic heterocycles. The third kappa shape index (κ3) is 15.2. The van der Waals surface area contributed by atoms with Gasteiger partial charge in [0.15, 0.2) is 6.10 Å². The van der Waals surface area contributed by atoms with Gasteiger partial charge in [0, 0.05) is 5.02 Å². The fourth-order valence-electron chi connectivity index (χ4n) is 5.40. The molecule has 0 saturated carbocycles. The molecule has 0 radical (unpaired) electrons. The van der Waals surface area contributed by atoms with E-state index in [0.29, 0.717) is 22.9 Å². The van der Waals surface area contributed by atoms with Crippen molar-refractivity contribution in [2.24, 2.45) is 5.92 Å². The molecule has 1 unspecified atom stereocenters. The minimum Gasteiger partial charge on any atom is -0.507 e. The number of hydrogen-bond donors (Lipinski definition) is 3. The third-order valence-corrected chi connectivity index (χ3v) is 8.26. The van der Waals surface area contributed by atoms with E-state index in [1.54, 1.807) is 12.1 Å². The molecule has 0 aromatic heterocycles. The Morgan fingerprint density at radius 2 is 1.53 bits per heavy atom. The summed E-state index contributed by atoms with van der Waals surface area (Å²) in [6.07, 6.45) is 15.3. The number of amides is 1. The molecule has 2 rings (SSSR count). The molecule has 11 heteroatoms. The van der Waals surface area contributed by atoms with Gasteiger partial charge in [-0.05, 0) is 37.0 Å². The number of carbonyl (C=O) groups excluding carboxylic acids is 2. The molecule has 0 bridgehead atoms. The number of unbranched alkanes of at least 4 members (excludes halogenated alkanes) is 12. The molecule has 1 fully saturated rings.